The molecule has 5 heterocycles. The Morgan fingerprint density at radius 2 is 0.347 bits per heavy atom. The average molecular weight is 1910 g/mol. The number of rotatable bonds is 18. The van der Waals surface area contributed by atoms with E-state index < -0.39 is 0 Å². The molecule has 7 fully saturated rings. The highest BCUT2D eigenvalue weighted by Crippen LogP contribution is 2.47. The van der Waals surface area contributed by atoms with Gasteiger partial charge >= 0.3 is 0 Å². The van der Waals surface area contributed by atoms with Crippen LogP contribution in [0, 0.1) is 83.1 Å². The van der Waals surface area contributed by atoms with Crippen LogP contribution in [0.25, 0.3) is 68.1 Å². The molecule has 0 unspecified atom stereocenters. The van der Waals surface area contributed by atoms with Gasteiger partial charge < -0.3 is 0 Å². The minimum absolute atomic E-state index is 0.560. The molecule has 0 radical (unpaired) electrons. The molecule has 7 saturated carbocycles. The third kappa shape index (κ3) is 21.2. The largest absolute Gasteiger partial charge is 0.270 e. The maximum absolute atomic E-state index is 2.70. The fourth-order valence-electron chi connectivity index (χ4n) is 26.6. The monoisotopic (exact) mass is 1910 g/mol. The van der Waals surface area contributed by atoms with E-state index in [0.29, 0.717) is 41.4 Å². The van der Waals surface area contributed by atoms with E-state index >= 15 is 0 Å². The molecule has 7 aliphatic rings. The lowest BCUT2D eigenvalue weighted by Gasteiger charge is -2.22. The van der Waals surface area contributed by atoms with E-state index in [-0.39, 0.29) is 0 Å². The Bertz CT molecular complexity index is 6760. The van der Waals surface area contributed by atoms with Gasteiger partial charge in [0.15, 0.2) is 22.8 Å². The SMILES string of the molecule is Cc1ccccc1-[n+]1c(C)c(-c2ccccc2)n(-c2ccccc2)c1C1CCCCC1.Cc1ccccc1-[n+]1c(C)c(C)n(-c2ccccc2)c1C1CCCCC1.Cc1ccccc1-[n+]1c(C)c(C)n(-c2ccccc2)c1C1CCCCC1.Cc1ccccc1-[n+]1c(C)c(C2CCCC2)n(-c2ccccc2)c1C1CCCCC1.Cc1ccccc1-[n+]1c(C)c(C2CCCCC2)n(-c2ccccc2)c1C1CCCCC1. The van der Waals surface area contributed by atoms with Crippen LogP contribution in [0.4, 0.5) is 0 Å². The van der Waals surface area contributed by atoms with Gasteiger partial charge in [0.2, 0.25) is 0 Å². The first kappa shape index (κ1) is 100. The fraction of sp³-hybridized carbons (Fsp3) is 0.396. The number of aromatic nitrogens is 10. The minimum atomic E-state index is 0.560. The predicted octanol–water partition coefficient (Wildman–Crippen LogP) is 33.1. The van der Waals surface area contributed by atoms with Crippen LogP contribution in [-0.2, 0) is 0 Å². The van der Waals surface area contributed by atoms with E-state index in [1.807, 2.05) is 0 Å². The van der Waals surface area contributed by atoms with E-state index in [1.165, 1.54) is 383 Å². The van der Waals surface area contributed by atoms with E-state index in [1.54, 1.807) is 11.4 Å². The van der Waals surface area contributed by atoms with Crippen molar-refractivity contribution in [3.05, 3.63) is 412 Å². The van der Waals surface area contributed by atoms with Crippen molar-refractivity contribution in [1.29, 1.82) is 0 Å². The van der Waals surface area contributed by atoms with Crippen LogP contribution in [0.3, 0.4) is 0 Å². The molecule has 144 heavy (non-hydrogen) atoms. The number of nitrogens with zero attached hydrogens (tertiary/aromatic N) is 10. The summed E-state index contributed by atoms with van der Waals surface area (Å²) in [5, 5.41) is 0. The van der Waals surface area contributed by atoms with Crippen molar-refractivity contribution >= 4 is 0 Å². The number of aryl methyl sites for hydroxylation is 5. The van der Waals surface area contributed by atoms with Gasteiger partial charge in [-0.2, -0.15) is 45.7 Å². The normalized spacial score (nSPS) is 16.4. The molecule has 10 nitrogen and oxygen atoms in total. The lowest BCUT2D eigenvalue weighted by molar-refractivity contribution is -0.613. The highest BCUT2D eigenvalue weighted by Gasteiger charge is 2.45. The van der Waals surface area contributed by atoms with Crippen LogP contribution < -0.4 is 22.8 Å². The highest BCUT2D eigenvalue weighted by molar-refractivity contribution is 5.65. The van der Waals surface area contributed by atoms with Crippen molar-refractivity contribution < 1.29 is 22.8 Å². The molecule has 16 aromatic rings. The molecule has 0 amide bonds. The molecule has 10 heteroatoms. The van der Waals surface area contributed by atoms with Gasteiger partial charge in [-0.3, -0.25) is 0 Å². The number of imidazole rings is 5. The van der Waals surface area contributed by atoms with Crippen LogP contribution in [0.2, 0.25) is 0 Å². The molecule has 23 rings (SSSR count). The summed E-state index contributed by atoms with van der Waals surface area (Å²) in [4.78, 5) is 0. The Morgan fingerprint density at radius 1 is 0.167 bits per heavy atom. The van der Waals surface area contributed by atoms with Gasteiger partial charge in [-0.15, -0.1) is 0 Å². The molecule has 742 valence electrons. The predicted molar refractivity (Wildman–Crippen MR) is 595 cm³/mol. The molecule has 0 N–H and O–H groups in total. The lowest BCUT2D eigenvalue weighted by atomic mass is 9.85. The van der Waals surface area contributed by atoms with E-state index in [0.717, 1.165) is 0 Å². The maximum Gasteiger partial charge on any atom is 0.270 e. The van der Waals surface area contributed by atoms with Crippen molar-refractivity contribution in [1.82, 2.24) is 22.8 Å². The van der Waals surface area contributed by atoms with Gasteiger partial charge in [0, 0.05) is 65.9 Å². The Morgan fingerprint density at radius 3 is 0.597 bits per heavy atom. The summed E-state index contributed by atoms with van der Waals surface area (Å²) in [7, 11) is 0. The van der Waals surface area contributed by atoms with Crippen LogP contribution in [0.15, 0.2) is 303 Å². The van der Waals surface area contributed by atoms with Crippen LogP contribution in [0.5, 0.6) is 0 Å². The van der Waals surface area contributed by atoms with Crippen molar-refractivity contribution in [3.8, 4) is 68.1 Å². The van der Waals surface area contributed by atoms with Crippen LogP contribution >= 0.6 is 0 Å². The van der Waals surface area contributed by atoms with Gasteiger partial charge in [0.05, 0.1) is 29.6 Å². The zero-order chi connectivity index (χ0) is 99.1. The minimum Gasteiger partial charge on any atom is -0.196 e. The second-order valence-corrected chi connectivity index (χ2v) is 43.3. The average Bonchev–Trinajstić information content (AvgIpc) is 1.57. The molecule has 0 saturated heterocycles. The molecule has 7 aliphatic carbocycles. The van der Waals surface area contributed by atoms with Crippen LogP contribution in [-0.4, -0.2) is 22.8 Å². The smallest absolute Gasteiger partial charge is 0.196 e. The molecule has 0 spiro atoms. The summed E-state index contributed by atoms with van der Waals surface area (Å²) < 4.78 is 25.9. The van der Waals surface area contributed by atoms with Crippen molar-refractivity contribution in [2.75, 3.05) is 0 Å². The molecule has 0 atom stereocenters. The first-order valence-electron chi connectivity index (χ1n) is 56.0. The van der Waals surface area contributed by atoms with Crippen molar-refractivity contribution in [2.45, 2.75) is 343 Å². The Labute approximate surface area is 862 Å². The number of hydrogen-bond acceptors (Lipinski definition) is 0. The number of benzene rings is 11. The van der Waals surface area contributed by atoms with Gasteiger partial charge in [0.1, 0.15) is 91.0 Å². The summed E-state index contributed by atoms with van der Waals surface area (Å²) in [5.41, 5.74) is 35.2. The first-order valence-corrected chi connectivity index (χ1v) is 56.0. The number of para-hydroxylation sites is 10. The molecular weight excluding hydrogens is 1750 g/mol. The third-order valence-electron chi connectivity index (χ3n) is 34.0. The summed E-state index contributed by atoms with van der Waals surface area (Å²) in [6.07, 6.45) is 45.5. The second kappa shape index (κ2) is 47.1. The molecule has 5 aromatic heterocycles. The molecule has 0 bridgehead atoms. The second-order valence-electron chi connectivity index (χ2n) is 43.3. The quantitative estimate of drug-likeness (QED) is 0.0769. The zero-order valence-electron chi connectivity index (χ0n) is 88.9. The van der Waals surface area contributed by atoms with E-state index in [2.05, 4.69) is 432 Å². The summed E-state index contributed by atoms with van der Waals surface area (Å²) in [6, 6.07) is 110. The number of hydrogen-bond donors (Lipinski definition) is 0. The molecular formula is C134H161N10+5. The summed E-state index contributed by atoms with van der Waals surface area (Å²) in [5.74, 6) is 11.8. The van der Waals surface area contributed by atoms with Crippen LogP contribution in [0.1, 0.15) is 368 Å². The Kier molecular flexibility index (Phi) is 32.8. The standard InChI is InChI=1S/C29H37N2.C29H31N2.C28H35N2.2C24H29N2/c2*1-22-14-12-13-21-27(22)30-23(2)28(24-15-6-3-7-16-24)31(26-19-10-5-11-20-26)29(30)25-17-8-4-9-18-25;1-21-13-9-12-20-26(21)29-22(2)27(23-14-10-11-15-23)30(25-18-7-4-8-19-25)28(29)24-16-5-3-6-17-24;2*1-18-12-10-11-17-23(18)26-20(3)19(2)25(22-15-8-5-9-16-22)24(26)21-13-6-4-7-14-21/h5,10-14,19-21,24-25H,3-4,6-9,15-18H2,1-2H3;3,5-7,10-16,19-21,25H,4,8-9,17-18H2,1-2H3;4,7-9,12-13,18-20,23-24H,3,5-6,10-11,14-17H2,1-2H3;2*5,8-12,15-17,21H,4,6-7,13-14H2,1-3H3/q5*+1. The van der Waals surface area contributed by atoms with Crippen molar-refractivity contribution in [2.24, 2.45) is 0 Å². The van der Waals surface area contributed by atoms with Gasteiger partial charge in [0.25, 0.3) is 29.1 Å². The molecule has 11 aromatic carbocycles. The fourth-order valence-corrected chi connectivity index (χ4v) is 26.6. The highest BCUT2D eigenvalue weighted by atomic mass is 15.2. The summed E-state index contributed by atoms with van der Waals surface area (Å²) in [6.45, 7) is 27.4. The Hall–Kier alpha value is -12.5. The third-order valence-corrected chi connectivity index (χ3v) is 34.0. The first-order chi connectivity index (χ1) is 70.6. The maximum atomic E-state index is 2.70. The van der Waals surface area contributed by atoms with Gasteiger partial charge in [-0.25, -0.2) is 0 Å². The lowest BCUT2D eigenvalue weighted by Crippen LogP contribution is -2.40. The zero-order valence-corrected chi connectivity index (χ0v) is 88.9. The van der Waals surface area contributed by atoms with Crippen molar-refractivity contribution in [3.63, 3.8) is 0 Å². The summed E-state index contributed by atoms with van der Waals surface area (Å²) >= 11 is 0. The van der Waals surface area contributed by atoms with E-state index in [9.17, 15) is 0 Å². The van der Waals surface area contributed by atoms with Gasteiger partial charge in [-0.05, 0) is 243 Å². The van der Waals surface area contributed by atoms with E-state index in [4.69, 9.17) is 0 Å². The molecule has 0 aliphatic heterocycles. The van der Waals surface area contributed by atoms with Gasteiger partial charge in [-0.1, -0.05) is 341 Å². The topological polar surface area (TPSA) is 44.0 Å². The Balaban J connectivity index is 0.000000114.